The van der Waals surface area contributed by atoms with Crippen LogP contribution < -0.4 is 0 Å². The molecule has 0 radical (unpaired) electrons. The fourth-order valence-electron chi connectivity index (χ4n) is 4.10. The molecule has 33 heavy (non-hydrogen) atoms. The van der Waals surface area contributed by atoms with Crippen LogP contribution in [0, 0.1) is 5.92 Å². The predicted molar refractivity (Wildman–Crippen MR) is 139 cm³/mol. The van der Waals surface area contributed by atoms with Gasteiger partial charge in [0.1, 0.15) is 0 Å². The number of esters is 2. The van der Waals surface area contributed by atoms with E-state index in [4.69, 9.17) is 9.47 Å². The van der Waals surface area contributed by atoms with Gasteiger partial charge in [-0.25, -0.2) is 0 Å². The predicted octanol–water partition coefficient (Wildman–Crippen LogP) is 8.94. The monoisotopic (exact) mass is 468 g/mol. The van der Waals surface area contributed by atoms with Gasteiger partial charge in [0.2, 0.25) is 0 Å². The molecule has 0 amide bonds. The Kier molecular flexibility index (Phi) is 24.7. The molecule has 0 saturated heterocycles. The van der Waals surface area contributed by atoms with Gasteiger partial charge in [-0.05, 0) is 31.6 Å². The zero-order chi connectivity index (χ0) is 24.4. The molecule has 4 nitrogen and oxygen atoms in total. The third-order valence-electron chi connectivity index (χ3n) is 6.55. The van der Waals surface area contributed by atoms with E-state index in [1.165, 1.54) is 77.0 Å². The molecule has 0 aromatic carbocycles. The minimum Gasteiger partial charge on any atom is -0.466 e. The fourth-order valence-corrected chi connectivity index (χ4v) is 4.10. The SMILES string of the molecule is CCCCCCCCCCCCCCOC(=O)CCCCCC(=O)OCC(CC)CCCC. The molecule has 0 fully saturated rings. The highest BCUT2D eigenvalue weighted by atomic mass is 16.5. The topological polar surface area (TPSA) is 52.6 Å². The second kappa shape index (κ2) is 25.6. The van der Waals surface area contributed by atoms with Gasteiger partial charge < -0.3 is 9.47 Å². The minimum atomic E-state index is -0.0977. The third kappa shape index (κ3) is 23.9. The van der Waals surface area contributed by atoms with Crippen LogP contribution in [0.4, 0.5) is 0 Å². The van der Waals surface area contributed by atoms with Crippen LogP contribution in [-0.4, -0.2) is 25.2 Å². The van der Waals surface area contributed by atoms with Crippen LogP contribution in [0.5, 0.6) is 0 Å². The van der Waals surface area contributed by atoms with E-state index >= 15 is 0 Å². The van der Waals surface area contributed by atoms with Crippen molar-refractivity contribution in [2.75, 3.05) is 13.2 Å². The maximum atomic E-state index is 11.9. The normalized spacial score (nSPS) is 12.0. The van der Waals surface area contributed by atoms with Crippen LogP contribution in [0.3, 0.4) is 0 Å². The lowest BCUT2D eigenvalue weighted by Gasteiger charge is -2.14. The number of hydrogen-bond donors (Lipinski definition) is 0. The lowest BCUT2D eigenvalue weighted by atomic mass is 10.0. The maximum Gasteiger partial charge on any atom is 0.305 e. The molecular formula is C29H56O4. The number of hydrogen-bond acceptors (Lipinski definition) is 4. The highest BCUT2D eigenvalue weighted by molar-refractivity contribution is 5.69. The van der Waals surface area contributed by atoms with Crippen LogP contribution >= 0.6 is 0 Å². The molecule has 196 valence electrons. The Labute approximate surface area is 206 Å². The molecule has 0 aliphatic rings. The van der Waals surface area contributed by atoms with E-state index in [0.717, 1.165) is 44.9 Å². The Balaban J connectivity index is 3.38. The van der Waals surface area contributed by atoms with Crippen LogP contribution in [0.2, 0.25) is 0 Å². The van der Waals surface area contributed by atoms with Gasteiger partial charge in [-0.15, -0.1) is 0 Å². The third-order valence-corrected chi connectivity index (χ3v) is 6.55. The number of ether oxygens (including phenoxy) is 2. The van der Waals surface area contributed by atoms with Gasteiger partial charge in [-0.1, -0.05) is 117 Å². The molecule has 1 unspecified atom stereocenters. The summed E-state index contributed by atoms with van der Waals surface area (Å²) in [5.74, 6) is 0.302. The summed E-state index contributed by atoms with van der Waals surface area (Å²) in [4.78, 5) is 23.7. The highest BCUT2D eigenvalue weighted by Gasteiger charge is 2.10. The largest absolute Gasteiger partial charge is 0.466 e. The van der Waals surface area contributed by atoms with Gasteiger partial charge >= 0.3 is 11.9 Å². The first kappa shape index (κ1) is 31.9. The molecule has 0 spiro atoms. The number of carbonyl (C=O) groups excluding carboxylic acids is 2. The Morgan fingerprint density at radius 3 is 1.52 bits per heavy atom. The number of carbonyl (C=O) groups is 2. The maximum absolute atomic E-state index is 11.9. The smallest absolute Gasteiger partial charge is 0.305 e. The van der Waals surface area contributed by atoms with E-state index in [9.17, 15) is 9.59 Å². The summed E-state index contributed by atoms with van der Waals surface area (Å²) in [7, 11) is 0. The van der Waals surface area contributed by atoms with Gasteiger partial charge in [0.25, 0.3) is 0 Å². The second-order valence-electron chi connectivity index (χ2n) is 9.77. The van der Waals surface area contributed by atoms with E-state index in [-0.39, 0.29) is 11.9 Å². The Morgan fingerprint density at radius 1 is 0.545 bits per heavy atom. The summed E-state index contributed by atoms with van der Waals surface area (Å²) in [5, 5.41) is 0. The highest BCUT2D eigenvalue weighted by Crippen LogP contribution is 2.14. The van der Waals surface area contributed by atoms with E-state index < -0.39 is 0 Å². The average Bonchev–Trinajstić information content (AvgIpc) is 2.82. The first-order valence-electron chi connectivity index (χ1n) is 14.4. The molecule has 0 aliphatic heterocycles. The van der Waals surface area contributed by atoms with Crippen molar-refractivity contribution in [2.45, 2.75) is 156 Å². The van der Waals surface area contributed by atoms with E-state index in [1.54, 1.807) is 0 Å². The van der Waals surface area contributed by atoms with Crippen molar-refractivity contribution < 1.29 is 19.1 Å². The Bertz CT molecular complexity index is 435. The molecule has 1 atom stereocenters. The first-order valence-corrected chi connectivity index (χ1v) is 14.4. The summed E-state index contributed by atoms with van der Waals surface area (Å²) < 4.78 is 10.8. The molecule has 0 saturated carbocycles. The van der Waals surface area contributed by atoms with Crippen LogP contribution in [0.1, 0.15) is 156 Å². The molecule has 0 aliphatic carbocycles. The van der Waals surface area contributed by atoms with Crippen molar-refractivity contribution in [1.82, 2.24) is 0 Å². The molecule has 0 rings (SSSR count). The lowest BCUT2D eigenvalue weighted by Crippen LogP contribution is -2.13. The zero-order valence-electron chi connectivity index (χ0n) is 22.5. The zero-order valence-corrected chi connectivity index (χ0v) is 22.5. The summed E-state index contributed by atoms with van der Waals surface area (Å²) in [5.41, 5.74) is 0. The summed E-state index contributed by atoms with van der Waals surface area (Å²) in [6.45, 7) is 7.72. The first-order chi connectivity index (χ1) is 16.1. The van der Waals surface area contributed by atoms with Gasteiger partial charge in [-0.2, -0.15) is 0 Å². The summed E-state index contributed by atoms with van der Waals surface area (Å²) in [6, 6.07) is 0. The van der Waals surface area contributed by atoms with E-state index in [1.807, 2.05) is 0 Å². The summed E-state index contributed by atoms with van der Waals surface area (Å²) >= 11 is 0. The van der Waals surface area contributed by atoms with Crippen molar-refractivity contribution >= 4 is 11.9 Å². The molecule has 0 heterocycles. The quantitative estimate of drug-likeness (QED) is 0.0991. The summed E-state index contributed by atoms with van der Waals surface area (Å²) in [6.07, 6.45) is 23.7. The van der Waals surface area contributed by atoms with Gasteiger partial charge in [0.15, 0.2) is 0 Å². The number of rotatable bonds is 25. The Morgan fingerprint density at radius 2 is 1.00 bits per heavy atom. The van der Waals surface area contributed by atoms with Crippen molar-refractivity contribution in [3.63, 3.8) is 0 Å². The van der Waals surface area contributed by atoms with Crippen molar-refractivity contribution in [3.8, 4) is 0 Å². The second-order valence-corrected chi connectivity index (χ2v) is 9.77. The number of unbranched alkanes of at least 4 members (excludes halogenated alkanes) is 14. The van der Waals surface area contributed by atoms with Gasteiger partial charge in [-0.3, -0.25) is 9.59 Å². The molecule has 4 heteroatoms. The van der Waals surface area contributed by atoms with Crippen LogP contribution in [0.25, 0.3) is 0 Å². The van der Waals surface area contributed by atoms with E-state index in [2.05, 4.69) is 20.8 Å². The molecular weight excluding hydrogens is 412 g/mol. The van der Waals surface area contributed by atoms with Crippen LogP contribution in [0.15, 0.2) is 0 Å². The minimum absolute atomic E-state index is 0.0950. The van der Waals surface area contributed by atoms with Crippen molar-refractivity contribution in [3.05, 3.63) is 0 Å². The van der Waals surface area contributed by atoms with Gasteiger partial charge in [0, 0.05) is 12.8 Å². The van der Waals surface area contributed by atoms with Crippen molar-refractivity contribution in [1.29, 1.82) is 0 Å². The lowest BCUT2D eigenvalue weighted by molar-refractivity contribution is -0.145. The van der Waals surface area contributed by atoms with Gasteiger partial charge in [0.05, 0.1) is 13.2 Å². The fraction of sp³-hybridized carbons (Fsp3) is 0.931. The Hall–Kier alpha value is -1.06. The van der Waals surface area contributed by atoms with E-state index in [0.29, 0.717) is 32.0 Å². The molecule has 0 N–H and O–H groups in total. The average molecular weight is 469 g/mol. The van der Waals surface area contributed by atoms with Crippen LogP contribution in [-0.2, 0) is 19.1 Å². The standard InChI is InChI=1S/C29H56O4/c1-4-7-9-10-11-12-13-14-15-16-17-21-25-32-28(30)23-19-18-20-24-29(31)33-26-27(6-3)22-8-5-2/h27H,4-26H2,1-3H3. The molecule has 0 aromatic rings. The van der Waals surface area contributed by atoms with Crippen molar-refractivity contribution in [2.24, 2.45) is 5.92 Å². The molecule has 0 bridgehead atoms. The molecule has 0 aromatic heterocycles.